The van der Waals surface area contributed by atoms with E-state index in [0.717, 1.165) is 63.0 Å². The van der Waals surface area contributed by atoms with Gasteiger partial charge in [0.15, 0.2) is 0 Å². The zero-order valence-corrected chi connectivity index (χ0v) is 21.0. The number of piperazine rings is 1. The Balaban J connectivity index is 1.04. The molecule has 0 spiro atoms. The molecule has 1 amide bonds. The van der Waals surface area contributed by atoms with E-state index < -0.39 is 0 Å². The molecule has 1 aliphatic carbocycles. The predicted octanol–water partition coefficient (Wildman–Crippen LogP) is 4.41. The number of hydrogen-bond donors (Lipinski definition) is 1. The van der Waals surface area contributed by atoms with Crippen molar-refractivity contribution in [3.8, 4) is 0 Å². The average Bonchev–Trinajstić information content (AvgIpc) is 3.42. The zero-order valence-electron chi connectivity index (χ0n) is 21.0. The number of anilines is 1. The molecule has 1 aliphatic heterocycles. The van der Waals surface area contributed by atoms with Gasteiger partial charge in [-0.2, -0.15) is 0 Å². The molecule has 2 aromatic carbocycles. The number of fused-ring (bicyclic) bond motifs is 1. The van der Waals surface area contributed by atoms with Crippen LogP contribution in [0, 0.1) is 0 Å². The normalized spacial score (nSPS) is 20.3. The van der Waals surface area contributed by atoms with E-state index in [2.05, 4.69) is 60.4 Å². The Bertz CT molecular complexity index is 1370. The number of carbonyl (C=O) groups is 1. The van der Waals surface area contributed by atoms with E-state index in [9.17, 15) is 4.79 Å². The van der Waals surface area contributed by atoms with Crippen LogP contribution >= 0.6 is 0 Å². The van der Waals surface area contributed by atoms with Crippen molar-refractivity contribution < 1.29 is 4.79 Å². The van der Waals surface area contributed by atoms with Crippen LogP contribution in [-0.4, -0.2) is 58.0 Å². The first-order chi connectivity index (χ1) is 18.2. The minimum absolute atomic E-state index is 0.0314. The number of nitrogens with one attached hydrogen (secondary N) is 1. The number of carbonyl (C=O) groups excluding carboxylic acids is 1. The molecule has 1 saturated carbocycles. The Morgan fingerprint density at radius 2 is 1.76 bits per heavy atom. The van der Waals surface area contributed by atoms with Crippen molar-refractivity contribution in [1.82, 2.24) is 25.2 Å². The first-order valence-corrected chi connectivity index (χ1v) is 13.2. The highest BCUT2D eigenvalue weighted by molar-refractivity contribution is 5.97. The van der Waals surface area contributed by atoms with Gasteiger partial charge in [-0.05, 0) is 72.7 Å². The molecule has 2 fully saturated rings. The van der Waals surface area contributed by atoms with Crippen LogP contribution in [0.3, 0.4) is 0 Å². The summed E-state index contributed by atoms with van der Waals surface area (Å²) in [4.78, 5) is 30.8. The van der Waals surface area contributed by atoms with Crippen LogP contribution in [-0.2, 0) is 6.54 Å². The fourth-order valence-corrected chi connectivity index (χ4v) is 5.68. The van der Waals surface area contributed by atoms with Crippen LogP contribution in [0.5, 0.6) is 0 Å². The van der Waals surface area contributed by atoms with Crippen LogP contribution in [0.1, 0.15) is 46.7 Å². The lowest BCUT2D eigenvalue weighted by molar-refractivity contribution is 0.0937. The number of nitrogens with zero attached hydrogens (tertiary/aromatic N) is 5. The molecule has 7 heteroatoms. The van der Waals surface area contributed by atoms with Gasteiger partial charge in [0.1, 0.15) is 0 Å². The first-order valence-electron chi connectivity index (χ1n) is 13.2. The Morgan fingerprint density at radius 3 is 2.59 bits per heavy atom. The molecule has 2 aromatic heterocycles. The zero-order chi connectivity index (χ0) is 25.0. The van der Waals surface area contributed by atoms with Crippen LogP contribution in [0.2, 0.25) is 0 Å². The number of pyridine rings is 1. The minimum Gasteiger partial charge on any atom is -0.369 e. The number of benzene rings is 2. The van der Waals surface area contributed by atoms with E-state index in [1.54, 1.807) is 12.4 Å². The largest absolute Gasteiger partial charge is 0.369 e. The van der Waals surface area contributed by atoms with E-state index in [4.69, 9.17) is 0 Å². The lowest BCUT2D eigenvalue weighted by atomic mass is 9.96. The van der Waals surface area contributed by atoms with Crippen molar-refractivity contribution in [3.63, 3.8) is 0 Å². The molecule has 1 N–H and O–H groups in total. The Labute approximate surface area is 217 Å². The van der Waals surface area contributed by atoms with E-state index in [1.807, 2.05) is 36.7 Å². The summed E-state index contributed by atoms with van der Waals surface area (Å²) < 4.78 is 0. The van der Waals surface area contributed by atoms with E-state index >= 15 is 0 Å². The van der Waals surface area contributed by atoms with Crippen molar-refractivity contribution in [2.45, 2.75) is 37.8 Å². The van der Waals surface area contributed by atoms with Crippen LogP contribution in [0.15, 0.2) is 79.4 Å². The molecule has 0 bridgehead atoms. The molecule has 37 heavy (non-hydrogen) atoms. The predicted molar refractivity (Wildman–Crippen MR) is 146 cm³/mol. The Morgan fingerprint density at radius 1 is 0.892 bits per heavy atom. The second-order valence-corrected chi connectivity index (χ2v) is 10.2. The molecule has 2 atom stereocenters. The summed E-state index contributed by atoms with van der Waals surface area (Å²) in [5.41, 5.74) is 6.15. The van der Waals surface area contributed by atoms with E-state index in [1.165, 1.54) is 16.8 Å². The van der Waals surface area contributed by atoms with Gasteiger partial charge in [-0.3, -0.25) is 24.6 Å². The fraction of sp³-hybridized carbons (Fsp3) is 0.333. The third-order valence-corrected chi connectivity index (χ3v) is 7.71. The SMILES string of the molecule is O=C(NC1CCC(c2cccc(N3CCN(Cc4cccnc4)CC3)c2)C1)c1ccc2nccnc2c1. The molecule has 2 unspecified atom stereocenters. The molecule has 2 aliphatic rings. The molecule has 3 heterocycles. The number of hydrogen-bond acceptors (Lipinski definition) is 6. The van der Waals surface area contributed by atoms with E-state index in [-0.39, 0.29) is 11.9 Å². The van der Waals surface area contributed by atoms with Crippen molar-refractivity contribution in [2.75, 3.05) is 31.1 Å². The molecule has 4 aromatic rings. The summed E-state index contributed by atoms with van der Waals surface area (Å²) in [6.07, 6.45) is 10.2. The van der Waals surface area contributed by atoms with Crippen LogP contribution in [0.25, 0.3) is 11.0 Å². The third kappa shape index (κ3) is 5.47. The first kappa shape index (κ1) is 23.6. The summed E-state index contributed by atoms with van der Waals surface area (Å²) >= 11 is 0. The van der Waals surface area contributed by atoms with Gasteiger partial charge in [-0.25, -0.2) is 0 Å². The third-order valence-electron chi connectivity index (χ3n) is 7.71. The molecule has 0 radical (unpaired) electrons. The summed E-state index contributed by atoms with van der Waals surface area (Å²) in [5, 5.41) is 3.25. The highest BCUT2D eigenvalue weighted by atomic mass is 16.1. The summed E-state index contributed by atoms with van der Waals surface area (Å²) in [6, 6.07) is 18.9. The number of rotatable bonds is 6. The molecular weight excluding hydrogens is 460 g/mol. The van der Waals surface area contributed by atoms with Gasteiger partial charge in [0, 0.05) is 74.8 Å². The summed E-state index contributed by atoms with van der Waals surface area (Å²) in [6.45, 7) is 5.13. The van der Waals surface area contributed by atoms with Crippen molar-refractivity contribution >= 4 is 22.6 Å². The Hall–Kier alpha value is -3.84. The fourth-order valence-electron chi connectivity index (χ4n) is 5.68. The van der Waals surface area contributed by atoms with Crippen molar-refractivity contribution in [3.05, 3.63) is 96.1 Å². The van der Waals surface area contributed by atoms with Gasteiger partial charge in [-0.15, -0.1) is 0 Å². The second-order valence-electron chi connectivity index (χ2n) is 10.2. The van der Waals surface area contributed by atoms with Gasteiger partial charge < -0.3 is 10.2 Å². The monoisotopic (exact) mass is 492 g/mol. The van der Waals surface area contributed by atoms with Crippen LogP contribution in [0.4, 0.5) is 5.69 Å². The minimum atomic E-state index is -0.0314. The summed E-state index contributed by atoms with van der Waals surface area (Å²) in [5.74, 6) is 0.440. The Kier molecular flexibility index (Phi) is 6.78. The lowest BCUT2D eigenvalue weighted by Gasteiger charge is -2.36. The quantitative estimate of drug-likeness (QED) is 0.430. The van der Waals surface area contributed by atoms with Crippen LogP contribution < -0.4 is 10.2 Å². The average molecular weight is 493 g/mol. The number of amides is 1. The standard InChI is InChI=1S/C30H32N6O/c37-30(25-7-9-28-29(19-25)33-12-11-32-28)34-26-8-6-24(17-26)23-4-1-5-27(18-23)36-15-13-35(14-16-36)21-22-3-2-10-31-20-22/h1-5,7,9-12,18-20,24,26H,6,8,13-17,21H2,(H,34,37). The number of aromatic nitrogens is 3. The van der Waals surface area contributed by atoms with Gasteiger partial charge >= 0.3 is 0 Å². The van der Waals surface area contributed by atoms with Crippen molar-refractivity contribution in [1.29, 1.82) is 0 Å². The topological polar surface area (TPSA) is 74.2 Å². The molecule has 6 rings (SSSR count). The summed E-state index contributed by atoms with van der Waals surface area (Å²) in [7, 11) is 0. The molecule has 7 nitrogen and oxygen atoms in total. The maximum absolute atomic E-state index is 12.9. The van der Waals surface area contributed by atoms with Gasteiger partial charge in [0.2, 0.25) is 0 Å². The highest BCUT2D eigenvalue weighted by Crippen LogP contribution is 2.36. The molecule has 1 saturated heterocycles. The molecular formula is C30H32N6O. The smallest absolute Gasteiger partial charge is 0.251 e. The lowest BCUT2D eigenvalue weighted by Crippen LogP contribution is -2.46. The van der Waals surface area contributed by atoms with Gasteiger partial charge in [-0.1, -0.05) is 18.2 Å². The maximum Gasteiger partial charge on any atom is 0.251 e. The second kappa shape index (κ2) is 10.6. The van der Waals surface area contributed by atoms with Gasteiger partial charge in [0.25, 0.3) is 5.91 Å². The van der Waals surface area contributed by atoms with Crippen molar-refractivity contribution in [2.24, 2.45) is 0 Å². The molecule has 188 valence electrons. The van der Waals surface area contributed by atoms with Gasteiger partial charge in [0.05, 0.1) is 11.0 Å². The maximum atomic E-state index is 12.9. The van der Waals surface area contributed by atoms with E-state index in [0.29, 0.717) is 11.5 Å². The highest BCUT2D eigenvalue weighted by Gasteiger charge is 2.28.